The van der Waals surface area contributed by atoms with Gasteiger partial charge in [-0.1, -0.05) is 0 Å². The first kappa shape index (κ1) is 13.3. The quantitative estimate of drug-likeness (QED) is 0.838. The van der Waals surface area contributed by atoms with Crippen LogP contribution < -0.4 is 4.74 Å². The van der Waals surface area contributed by atoms with Crippen LogP contribution in [-0.2, 0) is 13.0 Å². The molecule has 0 fully saturated rings. The Morgan fingerprint density at radius 3 is 3.00 bits per heavy atom. The minimum atomic E-state index is -0.696. The van der Waals surface area contributed by atoms with E-state index in [1.165, 1.54) is 6.07 Å². The van der Waals surface area contributed by atoms with Crippen molar-refractivity contribution in [3.05, 3.63) is 46.0 Å². The van der Waals surface area contributed by atoms with Crippen molar-refractivity contribution in [3.8, 4) is 5.75 Å². The van der Waals surface area contributed by atoms with E-state index >= 15 is 0 Å². The van der Waals surface area contributed by atoms with Crippen LogP contribution in [-0.4, -0.2) is 21.3 Å². The molecule has 1 atom stereocenters. The summed E-state index contributed by atoms with van der Waals surface area (Å²) in [4.78, 5) is 2.85. The fourth-order valence-electron chi connectivity index (χ4n) is 2.52. The largest absolute Gasteiger partial charge is 0.488 e. The van der Waals surface area contributed by atoms with Crippen LogP contribution in [0.3, 0.4) is 0 Å². The van der Waals surface area contributed by atoms with E-state index in [9.17, 15) is 13.9 Å². The molecule has 0 amide bonds. The molecule has 4 nitrogen and oxygen atoms in total. The lowest BCUT2D eigenvalue weighted by Crippen LogP contribution is -2.26. The van der Waals surface area contributed by atoms with Crippen molar-refractivity contribution in [1.29, 1.82) is 0 Å². The third kappa shape index (κ3) is 2.12. The smallest absolute Gasteiger partial charge is 0.177 e. The maximum Gasteiger partial charge on any atom is 0.177 e. The predicted octanol–water partition coefficient (Wildman–Crippen LogP) is 2.49. The molecule has 0 radical (unpaired) electrons. The van der Waals surface area contributed by atoms with Crippen LogP contribution in [0.4, 0.5) is 8.78 Å². The van der Waals surface area contributed by atoms with Gasteiger partial charge >= 0.3 is 0 Å². The minimum Gasteiger partial charge on any atom is -0.488 e. The zero-order chi connectivity index (χ0) is 14.3. The molecule has 0 unspecified atom stereocenters. The molecule has 20 heavy (non-hydrogen) atoms. The Bertz CT molecular complexity index is 711. The number of halogens is 2. The molecule has 0 saturated heterocycles. The van der Waals surface area contributed by atoms with Gasteiger partial charge in [0.05, 0.1) is 18.3 Å². The summed E-state index contributed by atoms with van der Waals surface area (Å²) in [5, 5.41) is 9.30. The van der Waals surface area contributed by atoms with Crippen LogP contribution in [0.2, 0.25) is 0 Å². The summed E-state index contributed by atoms with van der Waals surface area (Å²) in [6.45, 7) is 0.0444. The number of ether oxygens (including phenoxy) is 1. The van der Waals surface area contributed by atoms with E-state index in [-0.39, 0.29) is 25.0 Å². The Morgan fingerprint density at radius 2 is 2.25 bits per heavy atom. The number of imidazole rings is 1. The number of fused-ring (bicyclic) bond motifs is 1. The first-order valence-electron chi connectivity index (χ1n) is 6.10. The highest BCUT2D eigenvalue weighted by Gasteiger charge is 2.26. The van der Waals surface area contributed by atoms with E-state index in [0.717, 1.165) is 6.07 Å². The molecule has 1 aromatic carbocycles. The lowest BCUT2D eigenvalue weighted by atomic mass is 10.0. The highest BCUT2D eigenvalue weighted by Crippen LogP contribution is 2.33. The number of aromatic amines is 1. The van der Waals surface area contributed by atoms with Crippen LogP contribution in [0.15, 0.2) is 18.3 Å². The lowest BCUT2D eigenvalue weighted by molar-refractivity contribution is 0.200. The fraction of sp³-hybridized carbons (Fsp3) is 0.308. The Hall–Kier alpha value is -1.73. The minimum absolute atomic E-state index is 0.0928. The molecule has 2 heterocycles. The number of H-pyrrole nitrogens is 1. The van der Waals surface area contributed by atoms with Crippen LogP contribution in [0.1, 0.15) is 17.3 Å². The Balaban J connectivity index is 2.00. The highest BCUT2D eigenvalue weighted by molar-refractivity contribution is 7.71. The van der Waals surface area contributed by atoms with Crippen LogP contribution in [0, 0.1) is 16.4 Å². The van der Waals surface area contributed by atoms with Crippen molar-refractivity contribution in [2.45, 2.75) is 19.1 Å². The van der Waals surface area contributed by atoms with Gasteiger partial charge in [-0.3, -0.25) is 0 Å². The van der Waals surface area contributed by atoms with Gasteiger partial charge in [0, 0.05) is 24.2 Å². The number of nitrogens with zero attached hydrogens (tertiary/aromatic N) is 1. The van der Waals surface area contributed by atoms with E-state index in [0.29, 0.717) is 22.4 Å². The molecule has 2 aromatic rings. The summed E-state index contributed by atoms with van der Waals surface area (Å²) in [5.74, 6) is -1.24. The van der Waals surface area contributed by atoms with E-state index in [4.69, 9.17) is 17.0 Å². The Labute approximate surface area is 118 Å². The van der Waals surface area contributed by atoms with Gasteiger partial charge < -0.3 is 19.4 Å². The first-order valence-corrected chi connectivity index (χ1v) is 6.51. The number of aromatic nitrogens is 2. The third-order valence-electron chi connectivity index (χ3n) is 3.38. The topological polar surface area (TPSA) is 50.2 Å². The molecule has 1 aliphatic rings. The molecule has 1 aromatic heterocycles. The van der Waals surface area contributed by atoms with Gasteiger partial charge in [-0.25, -0.2) is 8.78 Å². The molecular formula is C13H12F2N2O2S. The van der Waals surface area contributed by atoms with E-state index in [1.54, 1.807) is 10.8 Å². The molecule has 2 N–H and O–H groups in total. The van der Waals surface area contributed by atoms with Gasteiger partial charge in [-0.15, -0.1) is 0 Å². The lowest BCUT2D eigenvalue weighted by Gasteiger charge is -2.27. The van der Waals surface area contributed by atoms with Crippen molar-refractivity contribution < 1.29 is 18.6 Å². The number of benzene rings is 1. The van der Waals surface area contributed by atoms with Crippen LogP contribution in [0.5, 0.6) is 5.75 Å². The number of hydrogen-bond donors (Lipinski definition) is 2. The van der Waals surface area contributed by atoms with Crippen molar-refractivity contribution in [2.75, 3.05) is 6.61 Å². The normalized spacial score (nSPS) is 17.6. The van der Waals surface area contributed by atoms with Gasteiger partial charge in [0.2, 0.25) is 0 Å². The Kier molecular flexibility index (Phi) is 3.31. The van der Waals surface area contributed by atoms with Crippen molar-refractivity contribution in [1.82, 2.24) is 9.55 Å². The summed E-state index contributed by atoms with van der Waals surface area (Å²) in [5.41, 5.74) is 1.08. The van der Waals surface area contributed by atoms with Gasteiger partial charge in [0.25, 0.3) is 0 Å². The number of hydrogen-bond acceptors (Lipinski definition) is 3. The van der Waals surface area contributed by atoms with E-state index < -0.39 is 11.6 Å². The zero-order valence-corrected chi connectivity index (χ0v) is 11.2. The predicted molar refractivity (Wildman–Crippen MR) is 70.1 cm³/mol. The number of rotatable bonds is 2. The fourth-order valence-corrected chi connectivity index (χ4v) is 2.85. The second-order valence-corrected chi connectivity index (χ2v) is 5.04. The zero-order valence-electron chi connectivity index (χ0n) is 10.4. The average Bonchev–Trinajstić information content (AvgIpc) is 2.78. The summed E-state index contributed by atoms with van der Waals surface area (Å²) in [6, 6.07) is 1.87. The first-order chi connectivity index (χ1) is 9.60. The summed E-state index contributed by atoms with van der Waals surface area (Å²) in [6.07, 6.45) is 2.01. The van der Waals surface area contributed by atoms with Crippen LogP contribution >= 0.6 is 12.2 Å². The van der Waals surface area contributed by atoms with Crippen molar-refractivity contribution >= 4 is 12.2 Å². The van der Waals surface area contributed by atoms with Gasteiger partial charge in [-0.05, 0) is 18.3 Å². The average molecular weight is 298 g/mol. The molecule has 1 aliphatic heterocycles. The van der Waals surface area contributed by atoms with Crippen molar-refractivity contribution in [2.24, 2.45) is 0 Å². The summed E-state index contributed by atoms with van der Waals surface area (Å²) in [7, 11) is 0. The molecule has 0 saturated carbocycles. The monoisotopic (exact) mass is 298 g/mol. The second kappa shape index (κ2) is 4.99. The standard InChI is InChI=1S/C13H12F2N2O2S/c14-8-1-7-2-9(6-19-12(7)11(15)3-8)17-10(5-18)4-16-13(17)20/h1,3-4,9,18H,2,5-6H2,(H,16,20)/t9-/m1/s1. The maximum atomic E-state index is 13.6. The molecular weight excluding hydrogens is 286 g/mol. The van der Waals surface area contributed by atoms with E-state index in [2.05, 4.69) is 4.98 Å². The summed E-state index contributed by atoms with van der Waals surface area (Å²) >= 11 is 5.16. The molecule has 0 spiro atoms. The number of nitrogens with one attached hydrogen (secondary N) is 1. The van der Waals surface area contributed by atoms with Crippen LogP contribution in [0.25, 0.3) is 0 Å². The summed E-state index contributed by atoms with van der Waals surface area (Å²) < 4.78 is 34.4. The second-order valence-electron chi connectivity index (χ2n) is 4.66. The maximum absolute atomic E-state index is 13.6. The van der Waals surface area contributed by atoms with Gasteiger partial charge in [0.1, 0.15) is 12.4 Å². The van der Waals surface area contributed by atoms with Gasteiger partial charge in [-0.2, -0.15) is 0 Å². The third-order valence-corrected chi connectivity index (χ3v) is 3.69. The van der Waals surface area contributed by atoms with Crippen molar-refractivity contribution in [3.63, 3.8) is 0 Å². The highest BCUT2D eigenvalue weighted by atomic mass is 32.1. The number of aliphatic hydroxyl groups is 1. The molecule has 3 rings (SSSR count). The molecule has 7 heteroatoms. The number of aliphatic hydroxyl groups excluding tert-OH is 1. The van der Waals surface area contributed by atoms with E-state index in [1.807, 2.05) is 0 Å². The Morgan fingerprint density at radius 1 is 1.45 bits per heavy atom. The molecule has 106 valence electrons. The molecule has 0 aliphatic carbocycles. The van der Waals surface area contributed by atoms with Gasteiger partial charge in [0.15, 0.2) is 16.3 Å². The SMILES string of the molecule is OCc1c[nH]c(=S)n1[C@H]1COc2c(F)cc(F)cc2C1. The molecule has 0 bridgehead atoms.